The summed E-state index contributed by atoms with van der Waals surface area (Å²) < 4.78 is 0. The van der Waals surface area contributed by atoms with Gasteiger partial charge in [-0.1, -0.05) is 31.2 Å². The fourth-order valence-electron chi connectivity index (χ4n) is 1.26. The summed E-state index contributed by atoms with van der Waals surface area (Å²) in [4.78, 5) is 0. The average molecular weight is 219 g/mol. The third kappa shape index (κ3) is 2.25. The molecule has 0 aliphatic carbocycles. The molecule has 0 aromatic heterocycles. The molecule has 1 aromatic rings. The van der Waals surface area contributed by atoms with E-state index in [0.29, 0.717) is 0 Å². The van der Waals surface area contributed by atoms with Crippen LogP contribution in [0, 0.1) is 0 Å². The van der Waals surface area contributed by atoms with Crippen molar-refractivity contribution in [1.29, 1.82) is 0 Å². The standard InChI is InChI=1S/C9H12Cl2Si/c1-3-8-6-4-5-7-9(8)12(2,10)11/h4-7H,3H2,1-2H3. The monoisotopic (exact) mass is 218 g/mol. The highest BCUT2D eigenvalue weighted by Gasteiger charge is 2.25. The summed E-state index contributed by atoms with van der Waals surface area (Å²) in [5.41, 5.74) is 1.27. The molecule has 0 unspecified atom stereocenters. The Labute approximate surface area is 83.9 Å². The van der Waals surface area contributed by atoms with Crippen molar-refractivity contribution in [2.75, 3.05) is 0 Å². The van der Waals surface area contributed by atoms with Crippen molar-refractivity contribution in [3.8, 4) is 0 Å². The summed E-state index contributed by atoms with van der Waals surface area (Å²) in [5.74, 6) is 0. The van der Waals surface area contributed by atoms with Crippen molar-refractivity contribution in [2.24, 2.45) is 0 Å². The zero-order chi connectivity index (χ0) is 9.19. The second-order valence-electron chi connectivity index (χ2n) is 2.90. The summed E-state index contributed by atoms with van der Waals surface area (Å²) in [6.45, 7) is 1.90. The van der Waals surface area contributed by atoms with Crippen molar-refractivity contribution in [1.82, 2.24) is 0 Å². The van der Waals surface area contributed by atoms with E-state index in [0.717, 1.165) is 11.6 Å². The van der Waals surface area contributed by atoms with E-state index in [9.17, 15) is 0 Å². The van der Waals surface area contributed by atoms with Crippen LogP contribution >= 0.6 is 22.2 Å². The first-order chi connectivity index (χ1) is 5.55. The molecule has 0 amide bonds. The Hall–Kier alpha value is 0.0169. The number of hydrogen-bond acceptors (Lipinski definition) is 0. The van der Waals surface area contributed by atoms with E-state index in [-0.39, 0.29) is 0 Å². The Kier molecular flexibility index (Phi) is 3.21. The maximum Gasteiger partial charge on any atom is 0.278 e. The lowest BCUT2D eigenvalue weighted by atomic mass is 10.2. The van der Waals surface area contributed by atoms with Crippen LogP contribution in [0.5, 0.6) is 0 Å². The Morgan fingerprint density at radius 3 is 2.25 bits per heavy atom. The topological polar surface area (TPSA) is 0 Å². The summed E-state index contributed by atoms with van der Waals surface area (Å²) >= 11 is 12.3. The van der Waals surface area contributed by atoms with Gasteiger partial charge in [0.05, 0.1) is 0 Å². The van der Waals surface area contributed by atoms with Crippen LogP contribution in [0.2, 0.25) is 6.55 Å². The van der Waals surface area contributed by atoms with Gasteiger partial charge in [-0.3, -0.25) is 0 Å². The highest BCUT2D eigenvalue weighted by atomic mass is 35.7. The lowest BCUT2D eigenvalue weighted by molar-refractivity contribution is 1.15. The molecule has 12 heavy (non-hydrogen) atoms. The summed E-state index contributed by atoms with van der Waals surface area (Å²) in [7, 11) is 0. The molecular formula is C9H12Cl2Si. The van der Waals surface area contributed by atoms with Gasteiger partial charge in [-0.25, -0.2) is 0 Å². The highest BCUT2D eigenvalue weighted by molar-refractivity contribution is 7.50. The second kappa shape index (κ2) is 3.82. The maximum absolute atomic E-state index is 6.15. The van der Waals surface area contributed by atoms with Crippen LogP contribution in [0.4, 0.5) is 0 Å². The number of rotatable bonds is 2. The molecule has 0 radical (unpaired) electrons. The molecule has 0 heterocycles. The first-order valence-corrected chi connectivity index (χ1v) is 8.54. The Morgan fingerprint density at radius 2 is 1.83 bits per heavy atom. The van der Waals surface area contributed by atoms with E-state index < -0.39 is 6.69 Å². The minimum absolute atomic E-state index is 0.998. The number of aryl methyl sites for hydroxylation is 1. The van der Waals surface area contributed by atoms with Crippen molar-refractivity contribution in [3.63, 3.8) is 0 Å². The molecule has 1 aromatic carbocycles. The van der Waals surface area contributed by atoms with Crippen LogP contribution < -0.4 is 5.19 Å². The Morgan fingerprint density at radius 1 is 1.25 bits per heavy atom. The third-order valence-corrected chi connectivity index (χ3v) is 4.53. The molecule has 0 aliphatic rings. The molecule has 66 valence electrons. The van der Waals surface area contributed by atoms with Crippen LogP contribution in [-0.2, 0) is 6.42 Å². The van der Waals surface area contributed by atoms with Gasteiger partial charge in [-0.2, -0.15) is 0 Å². The lowest BCUT2D eigenvalue weighted by Gasteiger charge is -2.14. The number of halogens is 2. The normalized spacial score (nSPS) is 11.7. The molecule has 1 rings (SSSR count). The van der Waals surface area contributed by atoms with Crippen LogP contribution in [0.25, 0.3) is 0 Å². The fourth-order valence-corrected chi connectivity index (χ4v) is 3.58. The minimum atomic E-state index is -2.15. The van der Waals surface area contributed by atoms with Gasteiger partial charge in [0.15, 0.2) is 0 Å². The SMILES string of the molecule is CCc1ccccc1[Si](C)(Cl)Cl. The second-order valence-corrected chi connectivity index (χ2v) is 10.3. The van der Waals surface area contributed by atoms with Gasteiger partial charge in [0.25, 0.3) is 6.69 Å². The zero-order valence-corrected chi connectivity index (χ0v) is 9.78. The summed E-state index contributed by atoms with van der Waals surface area (Å²) in [6, 6.07) is 8.14. The van der Waals surface area contributed by atoms with E-state index in [1.165, 1.54) is 5.56 Å². The predicted molar refractivity (Wildman–Crippen MR) is 58.8 cm³/mol. The average Bonchev–Trinajstić information content (AvgIpc) is 2.03. The summed E-state index contributed by atoms with van der Waals surface area (Å²) in [6.07, 6.45) is 0.998. The van der Waals surface area contributed by atoms with Gasteiger partial charge < -0.3 is 0 Å². The molecule has 0 N–H and O–H groups in total. The molecule has 0 spiro atoms. The molecule has 0 nitrogen and oxygen atoms in total. The minimum Gasteiger partial charge on any atom is -0.140 e. The molecule has 0 saturated carbocycles. The van der Waals surface area contributed by atoms with E-state index >= 15 is 0 Å². The fraction of sp³-hybridized carbons (Fsp3) is 0.333. The van der Waals surface area contributed by atoms with Crippen molar-refractivity contribution < 1.29 is 0 Å². The number of benzene rings is 1. The Bertz CT molecular complexity index is 265. The molecule has 3 heteroatoms. The van der Waals surface area contributed by atoms with Crippen LogP contribution in [0.15, 0.2) is 24.3 Å². The molecule has 0 atom stereocenters. The van der Waals surface area contributed by atoms with E-state index in [2.05, 4.69) is 13.0 Å². The van der Waals surface area contributed by atoms with Gasteiger partial charge >= 0.3 is 0 Å². The van der Waals surface area contributed by atoms with Gasteiger partial charge in [0.1, 0.15) is 0 Å². The van der Waals surface area contributed by atoms with Crippen molar-refractivity contribution in [3.05, 3.63) is 29.8 Å². The summed E-state index contributed by atoms with van der Waals surface area (Å²) in [5, 5.41) is 1.15. The quantitative estimate of drug-likeness (QED) is 0.529. The Balaban J connectivity index is 3.14. The first kappa shape index (κ1) is 10.1. The molecular weight excluding hydrogens is 207 g/mol. The van der Waals surface area contributed by atoms with Crippen molar-refractivity contribution in [2.45, 2.75) is 19.9 Å². The molecule has 0 bridgehead atoms. The predicted octanol–water partition coefficient (Wildman–Crippen LogP) is 3.01. The van der Waals surface area contributed by atoms with Gasteiger partial charge in [-0.15, -0.1) is 22.2 Å². The molecule has 0 aliphatic heterocycles. The molecule has 0 fully saturated rings. The van der Waals surface area contributed by atoms with Crippen LogP contribution in [0.1, 0.15) is 12.5 Å². The lowest BCUT2D eigenvalue weighted by Crippen LogP contribution is -2.35. The third-order valence-electron chi connectivity index (χ3n) is 1.87. The number of hydrogen-bond donors (Lipinski definition) is 0. The highest BCUT2D eigenvalue weighted by Crippen LogP contribution is 2.16. The van der Waals surface area contributed by atoms with E-state index in [4.69, 9.17) is 22.2 Å². The maximum atomic E-state index is 6.15. The van der Waals surface area contributed by atoms with E-state index in [1.54, 1.807) is 0 Å². The van der Waals surface area contributed by atoms with Gasteiger partial charge in [0, 0.05) is 0 Å². The first-order valence-electron chi connectivity index (χ1n) is 4.02. The van der Waals surface area contributed by atoms with Gasteiger partial charge in [0.2, 0.25) is 0 Å². The zero-order valence-electron chi connectivity index (χ0n) is 7.27. The molecule has 0 saturated heterocycles. The van der Waals surface area contributed by atoms with Crippen LogP contribution in [-0.4, -0.2) is 6.69 Å². The van der Waals surface area contributed by atoms with Crippen molar-refractivity contribution >= 4 is 34.0 Å². The van der Waals surface area contributed by atoms with Gasteiger partial charge in [-0.05, 0) is 23.7 Å². The van der Waals surface area contributed by atoms with Crippen LogP contribution in [0.3, 0.4) is 0 Å². The largest absolute Gasteiger partial charge is 0.278 e. The van der Waals surface area contributed by atoms with E-state index in [1.807, 2.05) is 24.7 Å². The smallest absolute Gasteiger partial charge is 0.140 e.